The number of phosphoric acid groups is 2. The van der Waals surface area contributed by atoms with Crippen molar-refractivity contribution in [2.45, 2.75) is 432 Å². The molecule has 0 aliphatic rings. The summed E-state index contributed by atoms with van der Waals surface area (Å²) >= 11 is 0. The fourth-order valence-corrected chi connectivity index (χ4v) is 13.6. The number of carbonyl (C=O) groups is 4. The van der Waals surface area contributed by atoms with Gasteiger partial charge in [-0.3, -0.25) is 37.3 Å². The Kier molecular flexibility index (Phi) is 69.6. The molecule has 0 rings (SSSR count). The van der Waals surface area contributed by atoms with Gasteiger partial charge in [0.15, 0.2) is 12.2 Å². The average molecular weight is 1420 g/mol. The second-order valence-corrected chi connectivity index (χ2v) is 31.3. The van der Waals surface area contributed by atoms with Gasteiger partial charge in [0.2, 0.25) is 0 Å². The first-order chi connectivity index (χ1) is 47.1. The predicted octanol–water partition coefficient (Wildman–Crippen LogP) is 23.3. The first kappa shape index (κ1) is 95.1. The van der Waals surface area contributed by atoms with Crippen LogP contribution in [0.1, 0.15) is 413 Å². The molecule has 0 bridgehead atoms. The molecule has 6 atom stereocenters. The van der Waals surface area contributed by atoms with Gasteiger partial charge in [0.1, 0.15) is 19.3 Å². The largest absolute Gasteiger partial charge is 0.472 e. The van der Waals surface area contributed by atoms with E-state index in [1.165, 1.54) is 231 Å². The third-order valence-corrected chi connectivity index (χ3v) is 20.5. The van der Waals surface area contributed by atoms with Gasteiger partial charge in [-0.2, -0.15) is 0 Å². The van der Waals surface area contributed by atoms with Crippen LogP contribution in [0.2, 0.25) is 0 Å². The normalized spacial score (nSPS) is 14.2. The van der Waals surface area contributed by atoms with Gasteiger partial charge < -0.3 is 33.8 Å². The fraction of sp³-hybridized carbons (Fsp3) is 0.949. The predicted molar refractivity (Wildman–Crippen MR) is 395 cm³/mol. The first-order valence-electron chi connectivity index (χ1n) is 40.7. The van der Waals surface area contributed by atoms with Crippen LogP contribution in [-0.2, 0) is 65.4 Å². The van der Waals surface area contributed by atoms with Gasteiger partial charge in [0.25, 0.3) is 0 Å². The second-order valence-electron chi connectivity index (χ2n) is 28.3. The Morgan fingerprint density at radius 3 is 0.732 bits per heavy atom. The highest BCUT2D eigenvalue weighted by Crippen LogP contribution is 2.45. The molecular formula is C78H152O17P2. The van der Waals surface area contributed by atoms with Gasteiger partial charge in [-0.1, -0.05) is 362 Å². The van der Waals surface area contributed by atoms with Gasteiger partial charge in [0, 0.05) is 25.7 Å². The minimum Gasteiger partial charge on any atom is -0.462 e. The molecule has 3 N–H and O–H groups in total. The van der Waals surface area contributed by atoms with Crippen LogP contribution in [-0.4, -0.2) is 96.7 Å². The number of rotatable bonds is 78. The van der Waals surface area contributed by atoms with Crippen molar-refractivity contribution in [2.75, 3.05) is 39.6 Å². The van der Waals surface area contributed by atoms with Crippen LogP contribution in [0.4, 0.5) is 0 Å². The van der Waals surface area contributed by atoms with E-state index in [0.29, 0.717) is 25.7 Å². The van der Waals surface area contributed by atoms with Crippen molar-refractivity contribution in [3.05, 3.63) is 0 Å². The van der Waals surface area contributed by atoms with Crippen LogP contribution in [0.15, 0.2) is 0 Å². The van der Waals surface area contributed by atoms with Gasteiger partial charge in [-0.05, 0) is 31.6 Å². The number of phosphoric ester groups is 2. The van der Waals surface area contributed by atoms with E-state index in [4.69, 9.17) is 37.0 Å². The lowest BCUT2D eigenvalue weighted by molar-refractivity contribution is -0.161. The molecule has 0 fully saturated rings. The zero-order chi connectivity index (χ0) is 71.2. The Hall–Kier alpha value is -1.94. The van der Waals surface area contributed by atoms with E-state index in [0.717, 1.165) is 102 Å². The van der Waals surface area contributed by atoms with Crippen LogP contribution in [0.3, 0.4) is 0 Å². The summed E-state index contributed by atoms with van der Waals surface area (Å²) in [7, 11) is -9.90. The summed E-state index contributed by atoms with van der Waals surface area (Å²) in [5.74, 6) is -1.28. The maximum Gasteiger partial charge on any atom is 0.472 e. The Labute approximate surface area is 594 Å². The summed E-state index contributed by atoms with van der Waals surface area (Å²) < 4.78 is 68.4. The van der Waals surface area contributed by atoms with Crippen LogP contribution in [0, 0.1) is 5.92 Å². The molecule has 0 saturated heterocycles. The monoisotopic (exact) mass is 1420 g/mol. The summed E-state index contributed by atoms with van der Waals surface area (Å²) in [5, 5.41) is 10.6. The van der Waals surface area contributed by atoms with Crippen LogP contribution >= 0.6 is 15.6 Å². The summed E-state index contributed by atoms with van der Waals surface area (Å²) in [6.45, 7) is 7.28. The Morgan fingerprint density at radius 1 is 0.289 bits per heavy atom. The van der Waals surface area contributed by atoms with E-state index in [1.807, 2.05) is 0 Å². The van der Waals surface area contributed by atoms with E-state index >= 15 is 0 Å². The summed E-state index contributed by atoms with van der Waals surface area (Å²) in [6, 6.07) is 0. The number of aliphatic hydroxyl groups is 1. The third kappa shape index (κ3) is 70.9. The van der Waals surface area contributed by atoms with Crippen LogP contribution in [0.25, 0.3) is 0 Å². The molecule has 19 heteroatoms. The molecule has 97 heavy (non-hydrogen) atoms. The highest BCUT2D eigenvalue weighted by atomic mass is 31.2. The van der Waals surface area contributed by atoms with Gasteiger partial charge in [-0.25, -0.2) is 9.13 Å². The molecular weight excluding hydrogens is 1270 g/mol. The first-order valence-corrected chi connectivity index (χ1v) is 43.7. The van der Waals surface area contributed by atoms with E-state index in [2.05, 4.69) is 34.6 Å². The third-order valence-electron chi connectivity index (χ3n) is 18.6. The van der Waals surface area contributed by atoms with Gasteiger partial charge >= 0.3 is 39.5 Å². The van der Waals surface area contributed by atoms with Crippen LogP contribution in [0.5, 0.6) is 0 Å². The van der Waals surface area contributed by atoms with E-state index in [1.54, 1.807) is 0 Å². The molecule has 0 amide bonds. The molecule has 0 aliphatic carbocycles. The molecule has 0 radical (unpaired) electrons. The lowest BCUT2D eigenvalue weighted by Crippen LogP contribution is -2.30. The van der Waals surface area contributed by atoms with E-state index < -0.39 is 97.5 Å². The second kappa shape index (κ2) is 71.1. The highest BCUT2D eigenvalue weighted by molar-refractivity contribution is 7.47. The molecule has 0 saturated carbocycles. The number of carbonyl (C=O) groups excluding carboxylic acids is 4. The highest BCUT2D eigenvalue weighted by Gasteiger charge is 2.30. The Morgan fingerprint density at radius 2 is 0.495 bits per heavy atom. The number of esters is 4. The van der Waals surface area contributed by atoms with E-state index in [-0.39, 0.29) is 25.7 Å². The van der Waals surface area contributed by atoms with Crippen molar-refractivity contribution in [1.82, 2.24) is 0 Å². The smallest absolute Gasteiger partial charge is 0.462 e. The van der Waals surface area contributed by atoms with Crippen molar-refractivity contribution in [3.8, 4) is 0 Å². The molecule has 0 aromatic carbocycles. The number of hydrogen-bond acceptors (Lipinski definition) is 15. The molecule has 0 aromatic rings. The van der Waals surface area contributed by atoms with Crippen LogP contribution < -0.4 is 0 Å². The van der Waals surface area contributed by atoms with Crippen molar-refractivity contribution in [1.29, 1.82) is 0 Å². The van der Waals surface area contributed by atoms with Crippen molar-refractivity contribution < 1.29 is 80.2 Å². The minimum atomic E-state index is -4.96. The number of ether oxygens (including phenoxy) is 4. The summed E-state index contributed by atoms with van der Waals surface area (Å²) in [5.41, 5.74) is 0. The Balaban J connectivity index is 5.13. The van der Waals surface area contributed by atoms with E-state index in [9.17, 15) is 43.2 Å². The lowest BCUT2D eigenvalue weighted by Gasteiger charge is -2.21. The topological polar surface area (TPSA) is 237 Å². The Bertz CT molecular complexity index is 1860. The molecule has 576 valence electrons. The maximum absolute atomic E-state index is 13.1. The molecule has 0 aromatic heterocycles. The minimum absolute atomic E-state index is 0.108. The van der Waals surface area contributed by atoms with Gasteiger partial charge in [-0.15, -0.1) is 0 Å². The number of unbranched alkanes of at least 4 members (excludes halogenated alkanes) is 49. The van der Waals surface area contributed by atoms with Crippen molar-refractivity contribution in [2.24, 2.45) is 5.92 Å². The molecule has 0 aliphatic heterocycles. The lowest BCUT2D eigenvalue weighted by atomic mass is 9.99. The van der Waals surface area contributed by atoms with Gasteiger partial charge in [0.05, 0.1) is 26.4 Å². The fourth-order valence-electron chi connectivity index (χ4n) is 12.0. The molecule has 3 unspecified atom stereocenters. The average Bonchev–Trinajstić information content (AvgIpc) is 1.44. The SMILES string of the molecule is CCCCCCCCCCCCCCCCCCCC(=O)OC[C@H](COP(=O)(O)OC[C@@H](O)COP(=O)(O)OC[C@@H](COC(=O)CCCCCCC)OC(=O)CCCCCCCCCCCCCCCCCCC)OC(=O)CCCCCCCCCCCCCCCCC(C)CC. The summed E-state index contributed by atoms with van der Waals surface area (Å²) in [6.07, 6.45) is 61.4. The van der Waals surface area contributed by atoms with Crippen molar-refractivity contribution >= 4 is 39.5 Å². The standard InChI is InChI=1S/C78H152O17P2/c1-6-10-13-16-18-20-22-24-26-28-30-35-39-43-47-52-57-62-76(81)89-68-74(95-78(83)64-59-54-49-45-41-37-33-32-34-38-42-46-51-55-60-71(5)9-4)70-93-97(86,87)91-66-72(79)65-90-96(84,85)92-69-73(67-88-75(80)61-56-50-15-12-8-3)94-77(82)63-58-53-48-44-40-36-31-29-27-25-23-21-19-17-14-11-7-2/h71-74,79H,6-70H2,1-5H3,(H,84,85)(H,86,87)/t71?,72-,73+,74+/m0/s1. The number of hydrogen-bond donors (Lipinski definition) is 3. The zero-order valence-corrected chi connectivity index (χ0v) is 65.0. The van der Waals surface area contributed by atoms with Crippen molar-refractivity contribution in [3.63, 3.8) is 0 Å². The zero-order valence-electron chi connectivity index (χ0n) is 63.2. The molecule has 0 spiro atoms. The quantitative estimate of drug-likeness (QED) is 0.0222. The summed E-state index contributed by atoms with van der Waals surface area (Å²) in [4.78, 5) is 72.6. The maximum atomic E-state index is 13.1. The number of aliphatic hydroxyl groups excluding tert-OH is 1. The molecule has 0 heterocycles. The molecule has 17 nitrogen and oxygen atoms in total.